The molecule has 1 atom stereocenters. The summed E-state index contributed by atoms with van der Waals surface area (Å²) in [5.41, 5.74) is 2.48. The summed E-state index contributed by atoms with van der Waals surface area (Å²) in [6, 6.07) is 14.0. The van der Waals surface area contributed by atoms with Gasteiger partial charge in [0, 0.05) is 30.6 Å². The number of sulfonamides is 1. The van der Waals surface area contributed by atoms with Crippen LogP contribution >= 0.6 is 11.6 Å². The van der Waals surface area contributed by atoms with Crippen LogP contribution in [0.4, 0.5) is 5.69 Å². The first-order chi connectivity index (χ1) is 17.5. The Morgan fingerprint density at radius 3 is 2.43 bits per heavy atom. The molecule has 1 fully saturated rings. The van der Waals surface area contributed by atoms with Crippen LogP contribution in [0.5, 0.6) is 0 Å². The van der Waals surface area contributed by atoms with Gasteiger partial charge in [0.1, 0.15) is 6.04 Å². The maximum absolute atomic E-state index is 13.4. The maximum atomic E-state index is 13.4. The number of rotatable bonds is 11. The van der Waals surface area contributed by atoms with Gasteiger partial charge in [0.05, 0.1) is 11.9 Å². The molecule has 1 aliphatic carbocycles. The van der Waals surface area contributed by atoms with Crippen molar-refractivity contribution in [2.75, 3.05) is 17.1 Å². The molecule has 0 aliphatic heterocycles. The lowest BCUT2D eigenvalue weighted by molar-refractivity contribution is -0.141. The van der Waals surface area contributed by atoms with E-state index in [0.717, 1.165) is 43.1 Å². The minimum atomic E-state index is -3.57. The Morgan fingerprint density at radius 2 is 1.78 bits per heavy atom. The van der Waals surface area contributed by atoms with Crippen molar-refractivity contribution in [3.63, 3.8) is 0 Å². The molecular formula is C28H38ClN3O4S. The van der Waals surface area contributed by atoms with E-state index in [-0.39, 0.29) is 30.8 Å². The number of nitrogens with one attached hydrogen (secondary N) is 1. The number of hydrogen-bond donors (Lipinski definition) is 1. The molecule has 9 heteroatoms. The van der Waals surface area contributed by atoms with Gasteiger partial charge in [-0.1, -0.05) is 66.8 Å². The highest BCUT2D eigenvalue weighted by atomic mass is 35.5. The van der Waals surface area contributed by atoms with Crippen molar-refractivity contribution in [1.29, 1.82) is 0 Å². The highest BCUT2D eigenvalue weighted by Gasteiger charge is 2.28. The summed E-state index contributed by atoms with van der Waals surface area (Å²) >= 11 is 6.07. The lowest BCUT2D eigenvalue weighted by Crippen LogP contribution is -2.50. The summed E-state index contributed by atoms with van der Waals surface area (Å²) in [6.45, 7) is 4.20. The van der Waals surface area contributed by atoms with Gasteiger partial charge in [-0.15, -0.1) is 0 Å². The van der Waals surface area contributed by atoms with E-state index < -0.39 is 16.1 Å². The molecule has 2 aromatic carbocycles. The van der Waals surface area contributed by atoms with Gasteiger partial charge in [-0.05, 0) is 56.9 Å². The van der Waals surface area contributed by atoms with Crippen LogP contribution in [0.3, 0.4) is 0 Å². The summed E-state index contributed by atoms with van der Waals surface area (Å²) in [4.78, 5) is 28.2. The van der Waals surface area contributed by atoms with E-state index in [1.165, 1.54) is 10.7 Å². The molecule has 1 aliphatic rings. The molecule has 7 nitrogen and oxygen atoms in total. The second kappa shape index (κ2) is 13.3. The topological polar surface area (TPSA) is 86.8 Å². The molecule has 202 valence electrons. The first-order valence-corrected chi connectivity index (χ1v) is 15.2. The second-order valence-electron chi connectivity index (χ2n) is 9.95. The van der Waals surface area contributed by atoms with Crippen LogP contribution in [-0.2, 0) is 26.2 Å². The largest absolute Gasteiger partial charge is 0.352 e. The lowest BCUT2D eigenvalue weighted by Gasteiger charge is -2.31. The molecule has 2 amide bonds. The van der Waals surface area contributed by atoms with Crippen molar-refractivity contribution in [3.05, 3.63) is 64.7 Å². The van der Waals surface area contributed by atoms with Gasteiger partial charge >= 0.3 is 0 Å². The predicted molar refractivity (Wildman–Crippen MR) is 149 cm³/mol. The van der Waals surface area contributed by atoms with Gasteiger partial charge in [-0.3, -0.25) is 13.9 Å². The third-order valence-corrected chi connectivity index (χ3v) is 8.23. The Kier molecular flexibility index (Phi) is 10.4. The molecular weight excluding hydrogens is 510 g/mol. The Labute approximate surface area is 226 Å². The lowest BCUT2D eigenvalue weighted by atomic mass is 9.95. The number of carbonyl (C=O) groups excluding carboxylic acids is 2. The molecule has 0 unspecified atom stereocenters. The van der Waals surface area contributed by atoms with E-state index in [0.29, 0.717) is 23.7 Å². The summed E-state index contributed by atoms with van der Waals surface area (Å²) in [5.74, 6) is -0.336. The van der Waals surface area contributed by atoms with Gasteiger partial charge in [0.2, 0.25) is 21.8 Å². The summed E-state index contributed by atoms with van der Waals surface area (Å²) < 4.78 is 26.2. The molecule has 0 heterocycles. The molecule has 0 radical (unpaired) electrons. The Bertz CT molecular complexity index is 1180. The molecule has 1 N–H and O–H groups in total. The molecule has 1 saturated carbocycles. The van der Waals surface area contributed by atoms with Gasteiger partial charge in [0.25, 0.3) is 0 Å². The fourth-order valence-electron chi connectivity index (χ4n) is 4.79. The van der Waals surface area contributed by atoms with Crippen LogP contribution in [0.25, 0.3) is 0 Å². The summed E-state index contributed by atoms with van der Waals surface area (Å²) in [7, 11) is -3.57. The van der Waals surface area contributed by atoms with Crippen molar-refractivity contribution < 1.29 is 18.0 Å². The average Bonchev–Trinajstić information content (AvgIpc) is 2.84. The van der Waals surface area contributed by atoms with Gasteiger partial charge < -0.3 is 10.2 Å². The fourth-order valence-corrected chi connectivity index (χ4v) is 5.94. The third-order valence-electron chi connectivity index (χ3n) is 6.80. The first-order valence-electron chi connectivity index (χ1n) is 12.9. The number of benzene rings is 2. The third kappa shape index (κ3) is 8.75. The van der Waals surface area contributed by atoms with Crippen molar-refractivity contribution in [2.24, 2.45) is 0 Å². The monoisotopic (exact) mass is 547 g/mol. The summed E-state index contributed by atoms with van der Waals surface area (Å²) in [6.07, 6.45) is 6.89. The number of halogens is 1. The normalized spacial score (nSPS) is 15.1. The number of amides is 2. The molecule has 0 aromatic heterocycles. The standard InChI is InChI=1S/C28H38ClN3O4S/c1-21-10-7-11-23(18-21)20-31(22(2)28(34)30-25-13-5-4-6-14-25)27(33)16-9-17-32(37(3,35)36)26-15-8-12-24(29)19-26/h7-8,10-12,15,18-19,22,25H,4-6,9,13-14,16-17,20H2,1-3H3,(H,30,34)/t22-/m1/s1. The van der Waals surface area contributed by atoms with Crippen LogP contribution in [0.1, 0.15) is 63.0 Å². The Morgan fingerprint density at radius 1 is 1.08 bits per heavy atom. The van der Waals surface area contributed by atoms with Crippen LogP contribution in [0, 0.1) is 6.92 Å². The van der Waals surface area contributed by atoms with Crippen LogP contribution in [0.2, 0.25) is 5.02 Å². The maximum Gasteiger partial charge on any atom is 0.242 e. The molecule has 0 saturated heterocycles. The molecule has 0 spiro atoms. The molecule has 3 rings (SSSR count). The van der Waals surface area contributed by atoms with Crippen LogP contribution in [0.15, 0.2) is 48.5 Å². The summed E-state index contributed by atoms with van der Waals surface area (Å²) in [5, 5.41) is 3.57. The quantitative estimate of drug-likeness (QED) is 0.426. The Hall–Kier alpha value is -2.58. The van der Waals surface area contributed by atoms with Gasteiger partial charge in [-0.25, -0.2) is 8.42 Å². The highest BCUT2D eigenvalue weighted by Crippen LogP contribution is 2.23. The van der Waals surface area contributed by atoms with E-state index in [1.54, 1.807) is 36.1 Å². The van der Waals surface area contributed by atoms with Crippen molar-refractivity contribution in [3.8, 4) is 0 Å². The van der Waals surface area contributed by atoms with Crippen LogP contribution in [-0.4, -0.2) is 50.0 Å². The number of hydrogen-bond acceptors (Lipinski definition) is 4. The zero-order valence-corrected chi connectivity index (χ0v) is 23.5. The van der Waals surface area contributed by atoms with Crippen molar-refractivity contribution in [1.82, 2.24) is 10.2 Å². The van der Waals surface area contributed by atoms with E-state index in [1.807, 2.05) is 31.2 Å². The molecule has 0 bridgehead atoms. The second-order valence-corrected chi connectivity index (χ2v) is 12.3. The van der Waals surface area contributed by atoms with Gasteiger partial charge in [-0.2, -0.15) is 0 Å². The van der Waals surface area contributed by atoms with E-state index in [9.17, 15) is 18.0 Å². The zero-order valence-electron chi connectivity index (χ0n) is 22.0. The first kappa shape index (κ1) is 29.0. The minimum absolute atomic E-state index is 0.111. The van der Waals surface area contributed by atoms with Crippen LogP contribution < -0.4 is 9.62 Å². The van der Waals surface area contributed by atoms with E-state index in [2.05, 4.69) is 5.32 Å². The predicted octanol–water partition coefficient (Wildman–Crippen LogP) is 5.06. The van der Waals surface area contributed by atoms with E-state index in [4.69, 9.17) is 11.6 Å². The fraction of sp³-hybridized carbons (Fsp3) is 0.500. The Balaban J connectivity index is 1.71. The van der Waals surface area contributed by atoms with Crippen molar-refractivity contribution in [2.45, 2.75) is 77.4 Å². The number of nitrogens with zero attached hydrogens (tertiary/aromatic N) is 2. The number of carbonyl (C=O) groups is 2. The number of aryl methyl sites for hydroxylation is 1. The highest BCUT2D eigenvalue weighted by molar-refractivity contribution is 7.92. The van der Waals surface area contributed by atoms with E-state index >= 15 is 0 Å². The number of anilines is 1. The molecule has 37 heavy (non-hydrogen) atoms. The zero-order chi connectivity index (χ0) is 27.0. The van der Waals surface area contributed by atoms with Crippen molar-refractivity contribution >= 4 is 39.1 Å². The SMILES string of the molecule is Cc1cccc(CN(C(=O)CCCN(c2cccc(Cl)c2)S(C)(=O)=O)[C@H](C)C(=O)NC2CCCCC2)c1. The minimum Gasteiger partial charge on any atom is -0.352 e. The molecule has 2 aromatic rings. The smallest absolute Gasteiger partial charge is 0.242 e. The van der Waals surface area contributed by atoms with Gasteiger partial charge in [0.15, 0.2) is 0 Å². The average molecular weight is 548 g/mol.